The smallest absolute Gasteiger partial charge is 0.410 e. The Bertz CT molecular complexity index is 1250. The number of carbonyl (C=O) groups is 2. The van der Waals surface area contributed by atoms with Gasteiger partial charge in [0.15, 0.2) is 0 Å². The van der Waals surface area contributed by atoms with Crippen molar-refractivity contribution in [3.05, 3.63) is 36.0 Å². The van der Waals surface area contributed by atoms with Crippen LogP contribution in [0, 0.1) is 23.7 Å². The molecule has 39 heavy (non-hydrogen) atoms. The molecule has 2 aromatic rings. The maximum atomic E-state index is 13.4. The Balaban J connectivity index is 1.36. The molecule has 2 saturated carbocycles. The Hall–Kier alpha value is -3.94. The minimum atomic E-state index is -0.619. The summed E-state index contributed by atoms with van der Waals surface area (Å²) in [5.74, 6) is 6.88. The number of carbonyl (C=O) groups excluding carboxylic acids is 2. The van der Waals surface area contributed by atoms with Crippen LogP contribution in [0.5, 0.6) is 0 Å². The third kappa shape index (κ3) is 9.09. The summed E-state index contributed by atoms with van der Waals surface area (Å²) in [5.41, 5.74) is 0.580. The molecule has 0 aromatic carbocycles. The SMILES string of the molecule is CN(CC(=O)N[C@H]1CCC[C@@H](C#Cc2cnc(Nc3ccnc(F)c3)nc2NC2CC2)C1)C(=O)OC(C)(C)C. The molecule has 2 aromatic heterocycles. The normalized spacial score (nSPS) is 18.8. The van der Waals surface area contributed by atoms with Crippen LogP contribution in [0.2, 0.25) is 0 Å². The lowest BCUT2D eigenvalue weighted by atomic mass is 9.86. The highest BCUT2D eigenvalue weighted by Crippen LogP contribution is 2.27. The monoisotopic (exact) mass is 537 g/mol. The van der Waals surface area contributed by atoms with Crippen molar-refractivity contribution >= 4 is 29.5 Å². The zero-order valence-corrected chi connectivity index (χ0v) is 22.9. The van der Waals surface area contributed by atoms with Crippen LogP contribution < -0.4 is 16.0 Å². The molecule has 2 atom stereocenters. The zero-order chi connectivity index (χ0) is 28.0. The van der Waals surface area contributed by atoms with Crippen molar-refractivity contribution < 1.29 is 18.7 Å². The first kappa shape index (κ1) is 28.1. The summed E-state index contributed by atoms with van der Waals surface area (Å²) in [4.78, 5) is 38.5. The largest absolute Gasteiger partial charge is 0.444 e. The van der Waals surface area contributed by atoms with Gasteiger partial charge in [-0.3, -0.25) is 4.79 Å². The summed E-state index contributed by atoms with van der Waals surface area (Å²) in [6.45, 7) is 5.29. The molecule has 0 radical (unpaired) electrons. The molecule has 0 bridgehead atoms. The lowest BCUT2D eigenvalue weighted by Gasteiger charge is -2.28. The summed E-state index contributed by atoms with van der Waals surface area (Å²) in [5, 5.41) is 9.45. The maximum Gasteiger partial charge on any atom is 0.410 e. The van der Waals surface area contributed by atoms with E-state index in [0.29, 0.717) is 29.1 Å². The van der Waals surface area contributed by atoms with E-state index in [-0.39, 0.29) is 24.4 Å². The first-order chi connectivity index (χ1) is 18.5. The van der Waals surface area contributed by atoms with E-state index in [2.05, 4.69) is 42.7 Å². The van der Waals surface area contributed by atoms with E-state index < -0.39 is 17.6 Å². The second-order valence-corrected chi connectivity index (χ2v) is 11.1. The molecule has 2 heterocycles. The van der Waals surface area contributed by atoms with Gasteiger partial charge in [-0.2, -0.15) is 9.37 Å². The molecule has 10 nitrogen and oxygen atoms in total. The molecule has 2 amide bonds. The van der Waals surface area contributed by atoms with Gasteiger partial charge >= 0.3 is 6.09 Å². The number of nitrogens with zero attached hydrogens (tertiary/aromatic N) is 4. The van der Waals surface area contributed by atoms with Gasteiger partial charge < -0.3 is 25.6 Å². The van der Waals surface area contributed by atoms with Crippen molar-refractivity contribution in [1.82, 2.24) is 25.2 Å². The van der Waals surface area contributed by atoms with Crippen molar-refractivity contribution in [2.45, 2.75) is 77.0 Å². The van der Waals surface area contributed by atoms with Crippen LogP contribution in [0.3, 0.4) is 0 Å². The number of halogens is 1. The number of nitrogens with one attached hydrogen (secondary N) is 3. The number of ether oxygens (including phenoxy) is 1. The Morgan fingerprint density at radius 2 is 1.97 bits per heavy atom. The molecular weight excluding hydrogens is 501 g/mol. The van der Waals surface area contributed by atoms with Crippen LogP contribution >= 0.6 is 0 Å². The van der Waals surface area contributed by atoms with Crippen LogP contribution in [-0.4, -0.2) is 63.1 Å². The predicted molar refractivity (Wildman–Crippen MR) is 146 cm³/mol. The van der Waals surface area contributed by atoms with Crippen molar-refractivity contribution in [3.8, 4) is 11.8 Å². The molecule has 0 unspecified atom stereocenters. The number of likely N-dealkylation sites (N-methyl/N-ethyl adjacent to an activating group) is 1. The average Bonchev–Trinajstić information content (AvgIpc) is 3.67. The molecule has 0 spiro atoms. The summed E-state index contributed by atoms with van der Waals surface area (Å²) >= 11 is 0. The number of anilines is 3. The number of hydrogen-bond acceptors (Lipinski definition) is 8. The van der Waals surface area contributed by atoms with Gasteiger partial charge in [0.25, 0.3) is 0 Å². The van der Waals surface area contributed by atoms with Crippen molar-refractivity contribution in [3.63, 3.8) is 0 Å². The van der Waals surface area contributed by atoms with E-state index in [1.165, 1.54) is 17.2 Å². The molecule has 2 fully saturated rings. The fraction of sp³-hybridized carbons (Fsp3) is 0.536. The topological polar surface area (TPSA) is 121 Å². The quantitative estimate of drug-likeness (QED) is 0.355. The van der Waals surface area contributed by atoms with E-state index >= 15 is 0 Å². The van der Waals surface area contributed by atoms with Crippen LogP contribution in [0.25, 0.3) is 0 Å². The fourth-order valence-corrected chi connectivity index (χ4v) is 4.20. The first-order valence-corrected chi connectivity index (χ1v) is 13.3. The van der Waals surface area contributed by atoms with Crippen LogP contribution in [-0.2, 0) is 9.53 Å². The van der Waals surface area contributed by atoms with Crippen LogP contribution in [0.15, 0.2) is 24.5 Å². The molecule has 11 heteroatoms. The second kappa shape index (κ2) is 12.3. The van der Waals surface area contributed by atoms with Crippen molar-refractivity contribution in [1.29, 1.82) is 0 Å². The summed E-state index contributed by atoms with van der Waals surface area (Å²) < 4.78 is 18.8. The van der Waals surface area contributed by atoms with Gasteiger partial charge in [-0.05, 0) is 58.9 Å². The number of hydrogen-bond donors (Lipinski definition) is 3. The molecule has 0 aliphatic heterocycles. The minimum absolute atomic E-state index is 0.00905. The number of pyridine rings is 1. The van der Waals surface area contributed by atoms with E-state index in [1.54, 1.807) is 40.1 Å². The minimum Gasteiger partial charge on any atom is -0.444 e. The lowest BCUT2D eigenvalue weighted by molar-refractivity contribution is -0.123. The molecule has 0 saturated heterocycles. The van der Waals surface area contributed by atoms with Gasteiger partial charge in [-0.1, -0.05) is 18.3 Å². The molecule has 2 aliphatic rings. The number of aromatic nitrogens is 3. The van der Waals surface area contributed by atoms with Gasteiger partial charge in [0.2, 0.25) is 17.8 Å². The molecule has 208 valence electrons. The zero-order valence-electron chi connectivity index (χ0n) is 22.9. The first-order valence-electron chi connectivity index (χ1n) is 13.3. The Morgan fingerprint density at radius 1 is 1.18 bits per heavy atom. The van der Waals surface area contributed by atoms with E-state index in [4.69, 9.17) is 4.74 Å². The Morgan fingerprint density at radius 3 is 2.69 bits per heavy atom. The van der Waals surface area contributed by atoms with E-state index in [9.17, 15) is 14.0 Å². The summed E-state index contributed by atoms with van der Waals surface area (Å²) in [6.07, 6.45) is 8.14. The highest BCUT2D eigenvalue weighted by Gasteiger charge is 2.26. The molecule has 3 N–H and O–H groups in total. The molecule has 4 rings (SSSR count). The van der Waals surface area contributed by atoms with E-state index in [1.807, 2.05) is 0 Å². The van der Waals surface area contributed by atoms with Gasteiger partial charge in [-0.25, -0.2) is 14.8 Å². The lowest BCUT2D eigenvalue weighted by Crippen LogP contribution is -2.45. The number of amides is 2. The van der Waals surface area contributed by atoms with Gasteiger partial charge in [0.1, 0.15) is 18.0 Å². The van der Waals surface area contributed by atoms with Crippen LogP contribution in [0.1, 0.15) is 64.9 Å². The van der Waals surface area contributed by atoms with Gasteiger partial charge in [0, 0.05) is 43.0 Å². The van der Waals surface area contributed by atoms with Gasteiger partial charge in [-0.15, -0.1) is 0 Å². The third-order valence-electron chi connectivity index (χ3n) is 6.23. The highest BCUT2D eigenvalue weighted by atomic mass is 19.1. The molecule has 2 aliphatic carbocycles. The third-order valence-corrected chi connectivity index (χ3v) is 6.23. The second-order valence-electron chi connectivity index (χ2n) is 11.1. The van der Waals surface area contributed by atoms with Crippen molar-refractivity contribution in [2.75, 3.05) is 24.2 Å². The standard InChI is InChI=1S/C28H36FN7O3/c1-28(2,3)39-27(38)36(4)17-24(37)32-21-7-5-6-18(14-21)8-9-19-16-31-26(35-25(19)33-20-10-11-20)34-22-12-13-30-23(29)15-22/h12-13,15-16,18,20-21H,5-7,10-11,14,17H2,1-4H3,(H,32,37)(H2,30,31,33,34,35)/t18-,21-/m0/s1. The average molecular weight is 538 g/mol. The number of rotatable bonds is 7. The Kier molecular flexibility index (Phi) is 8.84. The highest BCUT2D eigenvalue weighted by molar-refractivity contribution is 5.82. The summed E-state index contributed by atoms with van der Waals surface area (Å²) in [7, 11) is 1.55. The van der Waals surface area contributed by atoms with Crippen LogP contribution in [0.4, 0.5) is 26.6 Å². The molecular formula is C28H36FN7O3. The Labute approximate surface area is 228 Å². The van der Waals surface area contributed by atoms with E-state index in [0.717, 1.165) is 38.5 Å². The van der Waals surface area contributed by atoms with Crippen molar-refractivity contribution in [2.24, 2.45) is 5.92 Å². The predicted octanol–water partition coefficient (Wildman–Crippen LogP) is 4.22. The maximum absolute atomic E-state index is 13.4. The fourth-order valence-electron chi connectivity index (χ4n) is 4.20. The van der Waals surface area contributed by atoms with Gasteiger partial charge in [0.05, 0.1) is 11.8 Å². The summed E-state index contributed by atoms with van der Waals surface area (Å²) in [6, 6.07) is 3.27.